The Balaban J connectivity index is 1.77. The van der Waals surface area contributed by atoms with E-state index >= 15 is 0 Å². The third-order valence-electron chi connectivity index (χ3n) is 3.63. The quantitative estimate of drug-likeness (QED) is 0.652. The van der Waals surface area contributed by atoms with Crippen molar-refractivity contribution >= 4 is 0 Å². The zero-order valence-electron chi connectivity index (χ0n) is 13.6. The first kappa shape index (κ1) is 17.2. The molecule has 0 saturated heterocycles. The minimum atomic E-state index is 0.672. The molecule has 0 aliphatic rings. The lowest BCUT2D eigenvalue weighted by Gasteiger charge is -2.06. The van der Waals surface area contributed by atoms with Crippen LogP contribution >= 0.6 is 0 Å². The molecule has 3 nitrogen and oxygen atoms in total. The van der Waals surface area contributed by atoms with E-state index in [2.05, 4.69) is 30.3 Å². The van der Waals surface area contributed by atoms with Gasteiger partial charge in [-0.05, 0) is 48.6 Å². The number of hydrogen-bond acceptors (Lipinski definition) is 3. The summed E-state index contributed by atoms with van der Waals surface area (Å²) in [6.45, 7) is 4.85. The van der Waals surface area contributed by atoms with Crippen molar-refractivity contribution in [2.24, 2.45) is 0 Å². The molecule has 0 fully saturated rings. The van der Waals surface area contributed by atoms with Crippen LogP contribution in [0.1, 0.15) is 24.5 Å². The highest BCUT2D eigenvalue weighted by atomic mass is 16.5. The third kappa shape index (κ3) is 5.86. The Labute approximate surface area is 138 Å². The van der Waals surface area contributed by atoms with Gasteiger partial charge >= 0.3 is 0 Å². The Bertz CT molecular complexity index is 612. The van der Waals surface area contributed by atoms with E-state index in [9.17, 15) is 0 Å². The number of hydrogen-bond donors (Lipinski definition) is 0. The maximum Gasteiger partial charge on any atom is 0.0991 e. The first-order chi connectivity index (χ1) is 11.3. The Kier molecular flexibility index (Phi) is 7.32. The van der Waals surface area contributed by atoms with E-state index in [1.165, 1.54) is 11.1 Å². The summed E-state index contributed by atoms with van der Waals surface area (Å²) in [5.41, 5.74) is 4.31. The monoisotopic (exact) mass is 309 g/mol. The van der Waals surface area contributed by atoms with Crippen molar-refractivity contribution in [3.8, 4) is 17.2 Å². The summed E-state index contributed by atoms with van der Waals surface area (Å²) < 4.78 is 10.7. The van der Waals surface area contributed by atoms with Crippen LogP contribution in [0.3, 0.4) is 0 Å². The Morgan fingerprint density at radius 3 is 2.04 bits per heavy atom. The first-order valence-electron chi connectivity index (χ1n) is 8.08. The van der Waals surface area contributed by atoms with Gasteiger partial charge in [-0.2, -0.15) is 5.26 Å². The van der Waals surface area contributed by atoms with Gasteiger partial charge in [0.2, 0.25) is 0 Å². The molecule has 0 atom stereocenters. The molecule has 0 bridgehead atoms. The van der Waals surface area contributed by atoms with Gasteiger partial charge in [0.15, 0.2) is 0 Å². The maximum atomic E-state index is 8.83. The highest BCUT2D eigenvalue weighted by molar-refractivity contribution is 5.64. The first-order valence-corrected chi connectivity index (χ1v) is 8.08. The molecule has 0 radical (unpaired) electrons. The second-order valence-corrected chi connectivity index (χ2v) is 5.30. The SMILES string of the molecule is CCOCCOCCCc1ccc(-c2ccc(C#N)cc2)cc1. The summed E-state index contributed by atoms with van der Waals surface area (Å²) in [5.74, 6) is 0. The minimum absolute atomic E-state index is 0.672. The number of ether oxygens (including phenoxy) is 2. The predicted molar refractivity (Wildman–Crippen MR) is 92.2 cm³/mol. The Morgan fingerprint density at radius 2 is 1.43 bits per heavy atom. The fourth-order valence-electron chi connectivity index (χ4n) is 2.34. The van der Waals surface area contributed by atoms with E-state index in [0.29, 0.717) is 18.8 Å². The lowest BCUT2D eigenvalue weighted by molar-refractivity contribution is 0.0520. The normalized spacial score (nSPS) is 10.4. The number of nitrogens with zero attached hydrogens (tertiary/aromatic N) is 1. The van der Waals surface area contributed by atoms with E-state index in [0.717, 1.165) is 31.6 Å². The molecule has 2 aromatic carbocycles. The molecule has 2 aromatic rings. The number of aryl methyl sites for hydroxylation is 1. The van der Waals surface area contributed by atoms with Gasteiger partial charge in [0.25, 0.3) is 0 Å². The van der Waals surface area contributed by atoms with Crippen LogP contribution in [0.25, 0.3) is 11.1 Å². The molecule has 23 heavy (non-hydrogen) atoms. The summed E-state index contributed by atoms with van der Waals surface area (Å²) in [5, 5.41) is 8.83. The zero-order valence-corrected chi connectivity index (χ0v) is 13.6. The number of nitriles is 1. The number of benzene rings is 2. The summed E-state index contributed by atoms with van der Waals surface area (Å²) >= 11 is 0. The second kappa shape index (κ2) is 9.78. The Morgan fingerprint density at radius 1 is 0.826 bits per heavy atom. The highest BCUT2D eigenvalue weighted by Gasteiger charge is 1.99. The fourth-order valence-corrected chi connectivity index (χ4v) is 2.34. The summed E-state index contributed by atoms with van der Waals surface area (Å²) in [6.07, 6.45) is 2.03. The van der Waals surface area contributed by atoms with E-state index in [1.54, 1.807) is 0 Å². The average molecular weight is 309 g/mol. The predicted octanol–water partition coefficient (Wildman–Crippen LogP) is 4.21. The van der Waals surface area contributed by atoms with Gasteiger partial charge < -0.3 is 9.47 Å². The van der Waals surface area contributed by atoms with Gasteiger partial charge in [0.05, 0.1) is 24.8 Å². The molecular weight excluding hydrogens is 286 g/mol. The molecule has 0 spiro atoms. The van der Waals surface area contributed by atoms with Crippen LogP contribution < -0.4 is 0 Å². The maximum absolute atomic E-state index is 8.83. The van der Waals surface area contributed by atoms with Gasteiger partial charge in [-0.1, -0.05) is 36.4 Å². The van der Waals surface area contributed by atoms with Crippen LogP contribution in [0.4, 0.5) is 0 Å². The molecule has 0 amide bonds. The smallest absolute Gasteiger partial charge is 0.0991 e. The zero-order chi connectivity index (χ0) is 16.3. The summed E-state index contributed by atoms with van der Waals surface area (Å²) in [4.78, 5) is 0. The molecule has 0 aliphatic heterocycles. The van der Waals surface area contributed by atoms with Crippen LogP contribution in [0.5, 0.6) is 0 Å². The topological polar surface area (TPSA) is 42.2 Å². The van der Waals surface area contributed by atoms with Crippen LogP contribution in [0.2, 0.25) is 0 Å². The van der Waals surface area contributed by atoms with Crippen molar-refractivity contribution in [2.75, 3.05) is 26.4 Å². The second-order valence-electron chi connectivity index (χ2n) is 5.30. The summed E-state index contributed by atoms with van der Waals surface area (Å²) in [7, 11) is 0. The molecule has 0 N–H and O–H groups in total. The van der Waals surface area contributed by atoms with Gasteiger partial charge in [-0.3, -0.25) is 0 Å². The molecule has 0 heterocycles. The van der Waals surface area contributed by atoms with Gasteiger partial charge in [-0.15, -0.1) is 0 Å². The van der Waals surface area contributed by atoms with E-state index in [-0.39, 0.29) is 0 Å². The van der Waals surface area contributed by atoms with Crippen molar-refractivity contribution in [2.45, 2.75) is 19.8 Å². The number of rotatable bonds is 9. The summed E-state index contributed by atoms with van der Waals surface area (Å²) in [6, 6.07) is 18.4. The fraction of sp³-hybridized carbons (Fsp3) is 0.350. The van der Waals surface area contributed by atoms with Gasteiger partial charge in [-0.25, -0.2) is 0 Å². The molecule has 0 aromatic heterocycles. The lowest BCUT2D eigenvalue weighted by Crippen LogP contribution is -2.05. The molecule has 2 rings (SSSR count). The van der Waals surface area contributed by atoms with E-state index < -0.39 is 0 Å². The molecule has 0 saturated carbocycles. The van der Waals surface area contributed by atoms with Crippen LogP contribution in [-0.2, 0) is 15.9 Å². The Hall–Kier alpha value is -2.15. The van der Waals surface area contributed by atoms with E-state index in [4.69, 9.17) is 14.7 Å². The van der Waals surface area contributed by atoms with Crippen molar-refractivity contribution in [3.63, 3.8) is 0 Å². The lowest BCUT2D eigenvalue weighted by atomic mass is 10.0. The van der Waals surface area contributed by atoms with Crippen molar-refractivity contribution < 1.29 is 9.47 Å². The molecular formula is C20H23NO2. The third-order valence-corrected chi connectivity index (χ3v) is 3.63. The molecule has 120 valence electrons. The largest absolute Gasteiger partial charge is 0.379 e. The van der Waals surface area contributed by atoms with Crippen molar-refractivity contribution in [1.82, 2.24) is 0 Å². The van der Waals surface area contributed by atoms with Crippen molar-refractivity contribution in [1.29, 1.82) is 5.26 Å². The molecule has 0 aliphatic carbocycles. The standard InChI is InChI=1S/C20H23NO2/c1-2-22-14-15-23-13-3-4-17-5-9-19(10-6-17)20-11-7-18(16-21)8-12-20/h5-12H,2-4,13-15H2,1H3. The van der Waals surface area contributed by atoms with E-state index in [1.807, 2.05) is 31.2 Å². The highest BCUT2D eigenvalue weighted by Crippen LogP contribution is 2.20. The average Bonchev–Trinajstić information content (AvgIpc) is 2.61. The van der Waals surface area contributed by atoms with Gasteiger partial charge in [0, 0.05) is 13.2 Å². The van der Waals surface area contributed by atoms with Crippen LogP contribution in [0.15, 0.2) is 48.5 Å². The van der Waals surface area contributed by atoms with Crippen LogP contribution in [-0.4, -0.2) is 26.4 Å². The molecule has 0 unspecified atom stereocenters. The van der Waals surface area contributed by atoms with Crippen LogP contribution in [0, 0.1) is 11.3 Å². The van der Waals surface area contributed by atoms with Crippen molar-refractivity contribution in [3.05, 3.63) is 59.7 Å². The molecule has 3 heteroatoms. The van der Waals surface area contributed by atoms with Gasteiger partial charge in [0.1, 0.15) is 0 Å². The minimum Gasteiger partial charge on any atom is -0.379 e.